The van der Waals surface area contributed by atoms with Crippen LogP contribution in [0.25, 0.3) is 0 Å². The second kappa shape index (κ2) is 25.1. The molecule has 0 unspecified atom stereocenters. The highest BCUT2D eigenvalue weighted by atomic mass is 31.2. The van der Waals surface area contributed by atoms with Gasteiger partial charge in [0.2, 0.25) is 0 Å². The van der Waals surface area contributed by atoms with Crippen LogP contribution in [0.2, 0.25) is 0 Å². The molecule has 0 bridgehead atoms. The highest BCUT2D eigenvalue weighted by Crippen LogP contribution is 2.35. The molecule has 0 fully saturated rings. The third-order valence-electron chi connectivity index (χ3n) is 5.52. The van der Waals surface area contributed by atoms with E-state index in [0.717, 1.165) is 13.1 Å². The molecule has 0 aliphatic heterocycles. The minimum absolute atomic E-state index is 0.0772. The van der Waals surface area contributed by atoms with E-state index >= 15 is 0 Å². The van der Waals surface area contributed by atoms with Gasteiger partial charge in [0, 0.05) is 6.54 Å². The summed E-state index contributed by atoms with van der Waals surface area (Å²) in [7, 11) is 1.50. The maximum atomic E-state index is 10.2. The second-order valence-corrected chi connectivity index (χ2v) is 11.4. The van der Waals surface area contributed by atoms with Gasteiger partial charge in [-0.05, 0) is 13.0 Å². The van der Waals surface area contributed by atoms with Gasteiger partial charge in [-0.25, -0.2) is 4.57 Å². The summed E-state index contributed by atoms with van der Waals surface area (Å²) in [4.78, 5) is 16.6. The Morgan fingerprint density at radius 3 is 1.42 bits per heavy atom. The van der Waals surface area contributed by atoms with Gasteiger partial charge in [0.1, 0.15) is 13.2 Å². The Morgan fingerprint density at radius 2 is 1.09 bits per heavy atom. The molecule has 0 aromatic rings. The van der Waals surface area contributed by atoms with Crippen molar-refractivity contribution in [3.8, 4) is 0 Å². The van der Waals surface area contributed by atoms with E-state index in [9.17, 15) is 4.57 Å². The number of aliphatic hydroxyl groups excluding tert-OH is 1. The summed E-state index contributed by atoms with van der Waals surface area (Å²) < 4.78 is 15.1. The molecule has 7 nitrogen and oxygen atoms in total. The number of hydrogen-bond acceptors (Lipinski definition) is 4. The minimum Gasteiger partial charge on any atom is -0.395 e. The zero-order chi connectivity index (χ0) is 25.3. The lowest BCUT2D eigenvalue weighted by Crippen LogP contribution is -2.37. The van der Waals surface area contributed by atoms with Gasteiger partial charge in [-0.2, -0.15) is 0 Å². The Morgan fingerprint density at radius 1 is 0.697 bits per heavy atom. The van der Waals surface area contributed by atoms with Crippen molar-refractivity contribution in [1.29, 1.82) is 0 Å². The summed E-state index contributed by atoms with van der Waals surface area (Å²) >= 11 is 0. The molecule has 202 valence electrons. The number of hydrogen-bond donors (Lipinski definition) is 4. The van der Waals surface area contributed by atoms with E-state index in [1.54, 1.807) is 0 Å². The van der Waals surface area contributed by atoms with Crippen molar-refractivity contribution in [3.63, 3.8) is 0 Å². The largest absolute Gasteiger partial charge is 0.469 e. The van der Waals surface area contributed by atoms with Crippen LogP contribution in [0.1, 0.15) is 110 Å². The lowest BCUT2D eigenvalue weighted by molar-refractivity contribution is -0.870. The Labute approximate surface area is 205 Å². The molecular weight excluding hydrogens is 439 g/mol. The molecule has 0 atom stereocenters. The van der Waals surface area contributed by atoms with Crippen molar-refractivity contribution >= 4 is 7.82 Å². The topological polar surface area (TPSA) is 99.0 Å². The summed E-state index contributed by atoms with van der Waals surface area (Å²) in [5.41, 5.74) is 0. The number of likely N-dealkylation sites (N-methyl/N-ethyl adjacent to an activating group) is 1. The number of quaternary nitrogens is 1. The van der Waals surface area contributed by atoms with E-state index in [2.05, 4.69) is 16.8 Å². The fourth-order valence-corrected chi connectivity index (χ4v) is 3.76. The maximum absolute atomic E-state index is 10.2. The normalized spacial score (nSPS) is 12.0. The van der Waals surface area contributed by atoms with Gasteiger partial charge in [0.05, 0.1) is 27.7 Å². The highest BCUT2D eigenvalue weighted by molar-refractivity contribution is 7.46. The summed E-state index contributed by atoms with van der Waals surface area (Å²) in [6, 6.07) is 0. The first-order chi connectivity index (χ1) is 15.6. The first-order valence-electron chi connectivity index (χ1n) is 13.4. The second-order valence-electron chi connectivity index (χ2n) is 10.1. The number of nitrogens with one attached hydrogen (secondary N) is 1. The fourth-order valence-electron chi connectivity index (χ4n) is 3.44. The van der Waals surface area contributed by atoms with Crippen molar-refractivity contribution in [1.82, 2.24) is 5.32 Å². The van der Waals surface area contributed by atoms with Gasteiger partial charge in [0.25, 0.3) is 0 Å². The van der Waals surface area contributed by atoms with Crippen LogP contribution in [0.5, 0.6) is 0 Å². The average molecular weight is 498 g/mol. The third-order valence-corrected chi connectivity index (χ3v) is 6.04. The quantitative estimate of drug-likeness (QED) is 0.0829. The van der Waals surface area contributed by atoms with Crippen LogP contribution in [0.4, 0.5) is 0 Å². The van der Waals surface area contributed by atoms with Crippen LogP contribution in [-0.4, -0.2) is 73.4 Å². The van der Waals surface area contributed by atoms with E-state index in [0.29, 0.717) is 11.0 Å². The molecular formula is C25H58N2O5P+. The molecule has 33 heavy (non-hydrogen) atoms. The predicted molar refractivity (Wildman–Crippen MR) is 140 cm³/mol. The van der Waals surface area contributed by atoms with Gasteiger partial charge in [-0.3, -0.25) is 4.52 Å². The lowest BCUT2D eigenvalue weighted by atomic mass is 10.0. The standard InChI is InChI=1S/C20H43NO.C5H14NO4P/c1-2-3-4-5-6-7-8-9-10-11-12-13-14-15-16-17-18-21-19-20-22;1-6(2,3)4-5-10-11(7,8)9/h21-22H,2-20H2,1H3;4-5H2,1-3H3,(H-,7,8,9)/p+1. The van der Waals surface area contributed by atoms with Crippen LogP contribution in [0, 0.1) is 0 Å². The fraction of sp³-hybridized carbons (Fsp3) is 1.00. The Bertz CT molecular complexity index is 408. The molecule has 0 saturated heterocycles. The number of phosphoric acid groups is 1. The van der Waals surface area contributed by atoms with Gasteiger partial charge in [-0.15, -0.1) is 0 Å². The monoisotopic (exact) mass is 497 g/mol. The SMILES string of the molecule is CCCCCCCCCCCCCCCCCCNCCO.C[N+](C)(C)CCOP(=O)(O)O. The van der Waals surface area contributed by atoms with Crippen molar-refractivity contribution in [3.05, 3.63) is 0 Å². The zero-order valence-corrected chi connectivity index (χ0v) is 23.3. The third kappa shape index (κ3) is 39.5. The molecule has 0 aromatic carbocycles. The number of rotatable bonds is 23. The smallest absolute Gasteiger partial charge is 0.395 e. The highest BCUT2D eigenvalue weighted by Gasteiger charge is 2.16. The van der Waals surface area contributed by atoms with Gasteiger partial charge >= 0.3 is 7.82 Å². The van der Waals surface area contributed by atoms with Gasteiger partial charge in [0.15, 0.2) is 0 Å². The Hall–Kier alpha value is -0.0100. The van der Waals surface area contributed by atoms with Crippen molar-refractivity contribution in [2.24, 2.45) is 0 Å². The summed E-state index contributed by atoms with van der Waals surface area (Å²) in [5.74, 6) is 0. The Kier molecular flexibility index (Phi) is 26.7. The summed E-state index contributed by atoms with van der Waals surface area (Å²) in [5, 5.41) is 11.9. The summed E-state index contributed by atoms with van der Waals surface area (Å²) in [6.45, 7) is 5.02. The molecule has 0 aromatic heterocycles. The van der Waals surface area contributed by atoms with Crippen molar-refractivity contribution in [2.75, 3.05) is 54.0 Å². The van der Waals surface area contributed by atoms with Crippen LogP contribution in [0.3, 0.4) is 0 Å². The first kappa shape index (κ1) is 35.2. The molecule has 0 rings (SSSR count). The number of phosphoric ester groups is 1. The van der Waals surface area contributed by atoms with E-state index < -0.39 is 7.82 Å². The molecule has 0 saturated carbocycles. The zero-order valence-electron chi connectivity index (χ0n) is 22.4. The molecule has 4 N–H and O–H groups in total. The van der Waals surface area contributed by atoms with Crippen LogP contribution < -0.4 is 5.32 Å². The minimum atomic E-state index is -4.26. The molecule has 0 aliphatic rings. The molecule has 0 aliphatic carbocycles. The van der Waals surface area contributed by atoms with Gasteiger partial charge < -0.3 is 24.7 Å². The maximum Gasteiger partial charge on any atom is 0.469 e. The number of unbranched alkanes of at least 4 members (excludes halogenated alkanes) is 15. The van der Waals surface area contributed by atoms with E-state index in [1.165, 1.54) is 103 Å². The van der Waals surface area contributed by atoms with E-state index in [1.807, 2.05) is 21.1 Å². The van der Waals surface area contributed by atoms with E-state index in [-0.39, 0.29) is 13.2 Å². The Balaban J connectivity index is 0. The molecule has 0 radical (unpaired) electrons. The van der Waals surface area contributed by atoms with Crippen LogP contribution in [-0.2, 0) is 9.09 Å². The van der Waals surface area contributed by atoms with Crippen molar-refractivity contribution < 1.29 is 28.5 Å². The number of nitrogens with zero attached hydrogens (tertiary/aromatic N) is 1. The average Bonchev–Trinajstić information content (AvgIpc) is 2.71. The van der Waals surface area contributed by atoms with Crippen LogP contribution in [0.15, 0.2) is 0 Å². The molecule has 0 spiro atoms. The first-order valence-corrected chi connectivity index (χ1v) is 15.0. The van der Waals surface area contributed by atoms with Crippen LogP contribution >= 0.6 is 7.82 Å². The lowest BCUT2D eigenvalue weighted by Gasteiger charge is -2.23. The summed E-state index contributed by atoms with van der Waals surface area (Å²) in [6.07, 6.45) is 22.8. The van der Waals surface area contributed by atoms with E-state index in [4.69, 9.17) is 14.9 Å². The molecule has 0 heterocycles. The van der Waals surface area contributed by atoms with Gasteiger partial charge in [-0.1, -0.05) is 103 Å². The number of aliphatic hydroxyl groups is 1. The molecule has 0 amide bonds. The molecule has 8 heteroatoms. The predicted octanol–water partition coefficient (Wildman–Crippen LogP) is 5.63. The van der Waals surface area contributed by atoms with Crippen molar-refractivity contribution in [2.45, 2.75) is 110 Å².